The van der Waals surface area contributed by atoms with Crippen LogP contribution in [-0.4, -0.2) is 87.7 Å². The van der Waals surface area contributed by atoms with Crippen LogP contribution < -0.4 is 27.4 Å². The number of carbonyl (C=O) groups excluding carboxylic acids is 3. The van der Waals surface area contributed by atoms with Gasteiger partial charge >= 0.3 is 11.9 Å². The number of phenols is 1. The molecule has 218 valence electrons. The normalized spacial score (nSPS) is 13.9. The van der Waals surface area contributed by atoms with Gasteiger partial charge in [-0.1, -0.05) is 18.6 Å². The molecule has 0 aromatic heterocycles. The van der Waals surface area contributed by atoms with Gasteiger partial charge in [0.05, 0.1) is 6.04 Å². The molecule has 0 bridgehead atoms. The second-order valence-electron chi connectivity index (χ2n) is 9.00. The van der Waals surface area contributed by atoms with Crippen molar-refractivity contribution >= 4 is 41.4 Å². The number of thioether (sulfide) groups is 1. The number of carbonyl (C=O) groups is 5. The van der Waals surface area contributed by atoms with Crippen molar-refractivity contribution in [2.75, 3.05) is 18.6 Å². The van der Waals surface area contributed by atoms with Crippen molar-refractivity contribution in [2.45, 2.75) is 69.1 Å². The Morgan fingerprint density at radius 2 is 1.44 bits per heavy atom. The number of hydrogen-bond acceptors (Lipinski definition) is 9. The first-order valence-corrected chi connectivity index (χ1v) is 14.0. The van der Waals surface area contributed by atoms with Crippen molar-refractivity contribution in [2.24, 2.45) is 11.5 Å². The van der Waals surface area contributed by atoms with Crippen molar-refractivity contribution < 1.29 is 39.3 Å². The lowest BCUT2D eigenvalue weighted by Crippen LogP contribution is -2.57. The van der Waals surface area contributed by atoms with Gasteiger partial charge < -0.3 is 42.7 Å². The summed E-state index contributed by atoms with van der Waals surface area (Å²) in [6, 6.07) is 1.25. The van der Waals surface area contributed by atoms with E-state index in [0.29, 0.717) is 37.1 Å². The molecule has 14 heteroatoms. The quantitative estimate of drug-likeness (QED) is 0.0993. The second-order valence-corrected chi connectivity index (χ2v) is 9.98. The summed E-state index contributed by atoms with van der Waals surface area (Å²) in [5.41, 5.74) is 12.0. The minimum absolute atomic E-state index is 0.00829. The summed E-state index contributed by atoms with van der Waals surface area (Å²) in [4.78, 5) is 61.5. The zero-order valence-electron chi connectivity index (χ0n) is 21.9. The summed E-state index contributed by atoms with van der Waals surface area (Å²) in [6.45, 7) is 0.469. The summed E-state index contributed by atoms with van der Waals surface area (Å²) < 4.78 is 0. The molecule has 13 nitrogen and oxygen atoms in total. The van der Waals surface area contributed by atoms with Crippen LogP contribution >= 0.6 is 11.8 Å². The van der Waals surface area contributed by atoms with Crippen LogP contribution in [0.25, 0.3) is 0 Å². The van der Waals surface area contributed by atoms with Crippen molar-refractivity contribution in [3.05, 3.63) is 29.8 Å². The van der Waals surface area contributed by atoms with E-state index in [0.717, 1.165) is 0 Å². The first-order chi connectivity index (χ1) is 18.5. The molecule has 1 rings (SSSR count). The van der Waals surface area contributed by atoms with E-state index in [2.05, 4.69) is 16.0 Å². The van der Waals surface area contributed by atoms with E-state index < -0.39 is 60.2 Å². The van der Waals surface area contributed by atoms with E-state index in [1.165, 1.54) is 36.0 Å². The standard InChI is InChI=1S/C25H39N5O8S/c1-39-13-11-18(28-22(34)17(27)4-2-3-12-26)23(35)30-20(14-15-5-7-16(31)8-6-15)24(36)29-19(25(37)38)9-10-21(32)33/h5-8,17-20,31H,2-4,9-14,26-27H2,1H3,(H,28,34)(H,29,36)(H,30,35)(H,32,33)(H,37,38). The highest BCUT2D eigenvalue weighted by atomic mass is 32.2. The lowest BCUT2D eigenvalue weighted by atomic mass is 10.0. The van der Waals surface area contributed by atoms with Crippen LogP contribution in [0.5, 0.6) is 5.75 Å². The van der Waals surface area contributed by atoms with Crippen LogP contribution in [0.4, 0.5) is 0 Å². The maximum absolute atomic E-state index is 13.3. The molecule has 0 aliphatic heterocycles. The molecular formula is C25H39N5O8S. The van der Waals surface area contributed by atoms with Crippen molar-refractivity contribution in [3.63, 3.8) is 0 Å². The maximum atomic E-state index is 13.3. The number of carboxylic acids is 2. The number of nitrogens with one attached hydrogen (secondary N) is 3. The number of unbranched alkanes of at least 4 members (excludes halogenated alkanes) is 1. The third-order valence-electron chi connectivity index (χ3n) is 5.82. The number of amides is 3. The van der Waals surface area contributed by atoms with Crippen LogP contribution in [0.1, 0.15) is 44.1 Å². The van der Waals surface area contributed by atoms with E-state index in [1.54, 1.807) is 0 Å². The molecular weight excluding hydrogens is 530 g/mol. The SMILES string of the molecule is CSCCC(NC(=O)C(N)CCCCN)C(=O)NC(Cc1ccc(O)cc1)C(=O)NC(CCC(=O)O)C(=O)O. The van der Waals surface area contributed by atoms with E-state index in [9.17, 15) is 34.2 Å². The van der Waals surface area contributed by atoms with Crippen LogP contribution in [0, 0.1) is 0 Å². The van der Waals surface area contributed by atoms with Gasteiger partial charge in [-0.2, -0.15) is 11.8 Å². The van der Waals surface area contributed by atoms with Gasteiger partial charge in [-0.25, -0.2) is 4.79 Å². The Morgan fingerprint density at radius 1 is 0.846 bits per heavy atom. The number of nitrogens with two attached hydrogens (primary N) is 2. The second kappa shape index (κ2) is 18.0. The number of carboxylic acid groups (broad SMARTS) is 2. The van der Waals surface area contributed by atoms with Crippen molar-refractivity contribution in [1.29, 1.82) is 0 Å². The molecule has 10 N–H and O–H groups in total. The van der Waals surface area contributed by atoms with Gasteiger partial charge in [0.2, 0.25) is 17.7 Å². The lowest BCUT2D eigenvalue weighted by Gasteiger charge is -2.25. The van der Waals surface area contributed by atoms with Gasteiger partial charge in [-0.3, -0.25) is 19.2 Å². The summed E-state index contributed by atoms with van der Waals surface area (Å²) in [6.07, 6.45) is 2.91. The Labute approximate surface area is 231 Å². The van der Waals surface area contributed by atoms with E-state index in [-0.39, 0.29) is 25.0 Å². The third kappa shape index (κ3) is 13.3. The molecule has 0 saturated carbocycles. The summed E-state index contributed by atoms with van der Waals surface area (Å²) in [5.74, 6) is -4.17. The molecule has 4 unspecified atom stereocenters. The van der Waals surface area contributed by atoms with E-state index in [1.807, 2.05) is 6.26 Å². The van der Waals surface area contributed by atoms with Crippen molar-refractivity contribution in [3.8, 4) is 5.75 Å². The Balaban J connectivity index is 3.10. The molecule has 0 spiro atoms. The molecule has 3 amide bonds. The molecule has 1 aromatic carbocycles. The Morgan fingerprint density at radius 3 is 2.00 bits per heavy atom. The van der Waals surface area contributed by atoms with Crippen LogP contribution in [-0.2, 0) is 30.4 Å². The van der Waals surface area contributed by atoms with Crippen molar-refractivity contribution in [1.82, 2.24) is 16.0 Å². The highest BCUT2D eigenvalue weighted by Gasteiger charge is 2.30. The minimum atomic E-state index is -1.49. The third-order valence-corrected chi connectivity index (χ3v) is 6.46. The molecule has 0 aliphatic carbocycles. The fourth-order valence-corrected chi connectivity index (χ4v) is 4.04. The molecule has 39 heavy (non-hydrogen) atoms. The predicted molar refractivity (Wildman–Crippen MR) is 146 cm³/mol. The number of aromatic hydroxyl groups is 1. The number of hydrogen-bond donors (Lipinski definition) is 8. The van der Waals surface area contributed by atoms with Gasteiger partial charge in [0, 0.05) is 12.8 Å². The van der Waals surface area contributed by atoms with Crippen LogP contribution in [0.3, 0.4) is 0 Å². The summed E-state index contributed by atoms with van der Waals surface area (Å²) >= 11 is 1.46. The zero-order chi connectivity index (χ0) is 29.4. The number of rotatable bonds is 19. The maximum Gasteiger partial charge on any atom is 0.326 e. The molecule has 0 fully saturated rings. The Hall–Kier alpha value is -3.36. The predicted octanol–water partition coefficient (Wildman–Crippen LogP) is -0.452. The number of phenolic OH excluding ortho intramolecular Hbond substituents is 1. The fourth-order valence-electron chi connectivity index (χ4n) is 3.57. The largest absolute Gasteiger partial charge is 0.508 e. The van der Waals surface area contributed by atoms with Gasteiger partial charge in [-0.05, 0) is 61.9 Å². The average Bonchev–Trinajstić information content (AvgIpc) is 2.89. The van der Waals surface area contributed by atoms with Gasteiger partial charge in [0.25, 0.3) is 0 Å². The first-order valence-electron chi connectivity index (χ1n) is 12.6. The Bertz CT molecular complexity index is 962. The summed E-state index contributed by atoms with van der Waals surface area (Å²) in [5, 5.41) is 35.4. The highest BCUT2D eigenvalue weighted by molar-refractivity contribution is 7.98. The molecule has 0 heterocycles. The zero-order valence-corrected chi connectivity index (χ0v) is 22.7. The molecule has 0 saturated heterocycles. The Kier molecular flexibility index (Phi) is 15.6. The first kappa shape index (κ1) is 33.7. The van der Waals surface area contributed by atoms with Gasteiger partial charge in [0.1, 0.15) is 23.9 Å². The average molecular weight is 570 g/mol. The van der Waals surface area contributed by atoms with Gasteiger partial charge in [-0.15, -0.1) is 0 Å². The lowest BCUT2D eigenvalue weighted by molar-refractivity contribution is -0.143. The monoisotopic (exact) mass is 569 g/mol. The molecule has 1 aromatic rings. The van der Waals surface area contributed by atoms with Gasteiger partial charge in [0.15, 0.2) is 0 Å². The number of benzene rings is 1. The summed E-state index contributed by atoms with van der Waals surface area (Å²) in [7, 11) is 0. The van der Waals surface area contributed by atoms with Crippen LogP contribution in [0.15, 0.2) is 24.3 Å². The molecule has 4 atom stereocenters. The molecule has 0 aliphatic rings. The molecule has 0 radical (unpaired) electrons. The van der Waals surface area contributed by atoms with Crippen LogP contribution in [0.2, 0.25) is 0 Å². The number of aliphatic carboxylic acids is 2. The van der Waals surface area contributed by atoms with E-state index in [4.69, 9.17) is 16.6 Å². The fraction of sp³-hybridized carbons (Fsp3) is 0.560. The van der Waals surface area contributed by atoms with E-state index >= 15 is 0 Å². The highest BCUT2D eigenvalue weighted by Crippen LogP contribution is 2.13. The topological polar surface area (TPSA) is 234 Å². The minimum Gasteiger partial charge on any atom is -0.508 e. The smallest absolute Gasteiger partial charge is 0.326 e.